The summed E-state index contributed by atoms with van der Waals surface area (Å²) in [5.41, 5.74) is 12.3. The van der Waals surface area contributed by atoms with E-state index < -0.39 is 0 Å². The molecule has 0 atom stereocenters. The summed E-state index contributed by atoms with van der Waals surface area (Å²) in [5.74, 6) is 0. The number of hydrogen-bond acceptors (Lipinski definition) is 1. The Kier molecular flexibility index (Phi) is 5.99. The zero-order valence-corrected chi connectivity index (χ0v) is 27.2. The van der Waals surface area contributed by atoms with Gasteiger partial charge >= 0.3 is 0 Å². The molecule has 0 saturated heterocycles. The van der Waals surface area contributed by atoms with E-state index in [1.807, 2.05) is 11.3 Å². The number of aromatic nitrogens is 2. The lowest BCUT2D eigenvalue weighted by molar-refractivity contribution is 1.15. The van der Waals surface area contributed by atoms with Crippen LogP contribution in [0.1, 0.15) is 5.56 Å². The molecule has 0 bridgehead atoms. The Morgan fingerprint density at radius 1 is 0.438 bits per heavy atom. The third-order valence-electron chi connectivity index (χ3n) is 9.85. The summed E-state index contributed by atoms with van der Waals surface area (Å²) >= 11 is 1.87. The monoisotopic (exact) mass is 630 g/mol. The summed E-state index contributed by atoms with van der Waals surface area (Å²) in [4.78, 5) is 1.29. The van der Waals surface area contributed by atoms with E-state index in [1.165, 1.54) is 92.2 Å². The average Bonchev–Trinajstić information content (AvgIpc) is 3.82. The van der Waals surface area contributed by atoms with Gasteiger partial charge in [0.1, 0.15) is 0 Å². The Balaban J connectivity index is 1.18. The summed E-state index contributed by atoms with van der Waals surface area (Å²) in [7, 11) is 0. The topological polar surface area (TPSA) is 9.86 Å². The van der Waals surface area contributed by atoms with Crippen LogP contribution in [-0.2, 0) is 0 Å². The summed E-state index contributed by atoms with van der Waals surface area (Å²) in [6, 6.07) is 59.9. The first-order valence-corrected chi connectivity index (χ1v) is 17.3. The van der Waals surface area contributed by atoms with Crippen molar-refractivity contribution in [2.24, 2.45) is 0 Å². The van der Waals surface area contributed by atoms with Crippen molar-refractivity contribution < 1.29 is 0 Å². The fraction of sp³-hybridized carbons (Fsp3) is 0.0222. The van der Waals surface area contributed by atoms with Crippen LogP contribution in [0.15, 0.2) is 164 Å². The predicted molar refractivity (Wildman–Crippen MR) is 206 cm³/mol. The highest BCUT2D eigenvalue weighted by atomic mass is 32.1. The maximum Gasteiger partial charge on any atom is 0.0577 e. The summed E-state index contributed by atoms with van der Waals surface area (Å²) in [6.45, 7) is 2.24. The molecule has 3 heteroatoms. The molecule has 0 saturated carbocycles. The minimum atomic E-state index is 1.18. The van der Waals surface area contributed by atoms with E-state index in [0.717, 1.165) is 0 Å². The molecule has 2 nitrogen and oxygen atoms in total. The molecular weight excluding hydrogens is 601 g/mol. The lowest BCUT2D eigenvalue weighted by Crippen LogP contribution is -1.99. The standard InChI is InChI=1S/C45H30N2S/c1-29-12-11-18-36(44-28-32-13-5-10-21-43(32)48-44)45(29)47-40-20-9-7-17-35(40)38-27-31(23-25-42(38)47)30-22-24-41-37(26-30)34-16-6-8-19-39(34)46(41)33-14-3-2-4-15-33/h2-28H,1H3. The van der Waals surface area contributed by atoms with E-state index in [2.05, 4.69) is 180 Å². The molecule has 0 radical (unpaired) electrons. The molecule has 3 heterocycles. The van der Waals surface area contributed by atoms with Crippen LogP contribution in [0.25, 0.3) is 86.6 Å². The van der Waals surface area contributed by atoms with Gasteiger partial charge in [0.05, 0.1) is 27.8 Å². The van der Waals surface area contributed by atoms with Crippen molar-refractivity contribution in [1.82, 2.24) is 9.13 Å². The van der Waals surface area contributed by atoms with Gasteiger partial charge in [0.2, 0.25) is 0 Å². The summed E-state index contributed by atoms with van der Waals surface area (Å²) < 4.78 is 6.18. The quantitative estimate of drug-likeness (QED) is 0.183. The summed E-state index contributed by atoms with van der Waals surface area (Å²) in [6.07, 6.45) is 0. The first-order valence-electron chi connectivity index (χ1n) is 16.4. The largest absolute Gasteiger partial charge is 0.309 e. The minimum absolute atomic E-state index is 1.18. The Bertz CT molecular complexity index is 2810. The predicted octanol–water partition coefficient (Wildman–Crippen LogP) is 12.7. The average molecular weight is 631 g/mol. The molecule has 0 N–H and O–H groups in total. The zero-order chi connectivity index (χ0) is 31.8. The number of aryl methyl sites for hydroxylation is 1. The molecule has 48 heavy (non-hydrogen) atoms. The van der Waals surface area contributed by atoms with Crippen LogP contribution in [0.5, 0.6) is 0 Å². The second kappa shape index (κ2) is 10.6. The highest BCUT2D eigenvalue weighted by molar-refractivity contribution is 7.22. The van der Waals surface area contributed by atoms with Crippen molar-refractivity contribution in [3.63, 3.8) is 0 Å². The summed E-state index contributed by atoms with van der Waals surface area (Å²) in [5, 5.41) is 6.36. The van der Waals surface area contributed by atoms with Crippen molar-refractivity contribution in [1.29, 1.82) is 0 Å². The Morgan fingerprint density at radius 2 is 1.02 bits per heavy atom. The van der Waals surface area contributed by atoms with E-state index in [4.69, 9.17) is 0 Å². The van der Waals surface area contributed by atoms with E-state index in [9.17, 15) is 0 Å². The van der Waals surface area contributed by atoms with Gasteiger partial charge in [-0.1, -0.05) is 103 Å². The number of benzene rings is 7. The minimum Gasteiger partial charge on any atom is -0.309 e. The third kappa shape index (κ3) is 4.05. The number of rotatable bonds is 4. The molecular formula is C45H30N2S. The van der Waals surface area contributed by atoms with Gasteiger partial charge in [0.15, 0.2) is 0 Å². The molecule has 0 aliphatic rings. The van der Waals surface area contributed by atoms with Gasteiger partial charge in [-0.3, -0.25) is 0 Å². The van der Waals surface area contributed by atoms with Crippen LogP contribution in [0.3, 0.4) is 0 Å². The van der Waals surface area contributed by atoms with Crippen LogP contribution in [0.2, 0.25) is 0 Å². The van der Waals surface area contributed by atoms with Crippen molar-refractivity contribution in [3.05, 3.63) is 169 Å². The van der Waals surface area contributed by atoms with E-state index in [1.54, 1.807) is 0 Å². The van der Waals surface area contributed by atoms with Crippen molar-refractivity contribution in [2.45, 2.75) is 6.92 Å². The molecule has 10 rings (SSSR count). The van der Waals surface area contributed by atoms with Gasteiger partial charge in [0, 0.05) is 42.4 Å². The van der Waals surface area contributed by atoms with E-state index >= 15 is 0 Å². The van der Waals surface area contributed by atoms with Crippen molar-refractivity contribution in [2.75, 3.05) is 0 Å². The Labute approximate surface area is 282 Å². The maximum atomic E-state index is 2.49. The number of fused-ring (bicyclic) bond motifs is 7. The molecule has 0 fully saturated rings. The highest BCUT2D eigenvalue weighted by Crippen LogP contribution is 2.42. The SMILES string of the molecule is Cc1cccc(-c2cc3ccccc3s2)c1-n1c2ccccc2c2cc(-c3ccc4c(c3)c3ccccc3n4-c3ccccc3)ccc21. The van der Waals surface area contributed by atoms with Crippen LogP contribution in [0, 0.1) is 6.92 Å². The molecule has 3 aromatic heterocycles. The van der Waals surface area contributed by atoms with Crippen molar-refractivity contribution >= 4 is 65.0 Å². The van der Waals surface area contributed by atoms with Gasteiger partial charge in [-0.05, 0) is 89.7 Å². The highest BCUT2D eigenvalue weighted by Gasteiger charge is 2.19. The molecule has 7 aromatic carbocycles. The van der Waals surface area contributed by atoms with Gasteiger partial charge in [-0.15, -0.1) is 11.3 Å². The van der Waals surface area contributed by atoms with Crippen molar-refractivity contribution in [3.8, 4) is 32.9 Å². The van der Waals surface area contributed by atoms with Crippen LogP contribution >= 0.6 is 11.3 Å². The van der Waals surface area contributed by atoms with Crippen LogP contribution in [0.4, 0.5) is 0 Å². The molecule has 226 valence electrons. The van der Waals surface area contributed by atoms with E-state index in [0.29, 0.717) is 0 Å². The second-order valence-corrected chi connectivity index (χ2v) is 13.7. The molecule has 0 aliphatic carbocycles. The number of nitrogens with zero attached hydrogens (tertiary/aromatic N) is 2. The van der Waals surface area contributed by atoms with Crippen LogP contribution < -0.4 is 0 Å². The third-order valence-corrected chi connectivity index (χ3v) is 11.0. The zero-order valence-electron chi connectivity index (χ0n) is 26.4. The first-order chi connectivity index (χ1) is 23.7. The molecule has 0 amide bonds. The fourth-order valence-corrected chi connectivity index (χ4v) is 8.76. The molecule has 0 spiro atoms. The van der Waals surface area contributed by atoms with Crippen LogP contribution in [-0.4, -0.2) is 9.13 Å². The van der Waals surface area contributed by atoms with Gasteiger partial charge in [-0.2, -0.15) is 0 Å². The number of hydrogen-bond donors (Lipinski definition) is 0. The lowest BCUT2D eigenvalue weighted by atomic mass is 10.0. The molecule has 0 aliphatic heterocycles. The normalized spacial score (nSPS) is 11.9. The lowest BCUT2D eigenvalue weighted by Gasteiger charge is -2.16. The maximum absolute atomic E-state index is 2.49. The van der Waals surface area contributed by atoms with Gasteiger partial charge < -0.3 is 9.13 Å². The fourth-order valence-electron chi connectivity index (χ4n) is 7.67. The van der Waals surface area contributed by atoms with E-state index in [-0.39, 0.29) is 0 Å². The number of thiophene rings is 1. The smallest absolute Gasteiger partial charge is 0.0577 e. The molecule has 0 unspecified atom stereocenters. The second-order valence-electron chi connectivity index (χ2n) is 12.6. The molecule has 10 aromatic rings. The van der Waals surface area contributed by atoms with Gasteiger partial charge in [-0.25, -0.2) is 0 Å². The number of para-hydroxylation sites is 4. The first kappa shape index (κ1) is 27.2. The van der Waals surface area contributed by atoms with Gasteiger partial charge in [0.25, 0.3) is 0 Å². The Hall–Kier alpha value is -5.90. The Morgan fingerprint density at radius 3 is 1.73 bits per heavy atom.